The Bertz CT molecular complexity index is 639. The number of ether oxygens (including phenoxy) is 1. The van der Waals surface area contributed by atoms with Gasteiger partial charge < -0.3 is 10.5 Å². The zero-order chi connectivity index (χ0) is 15.7. The van der Waals surface area contributed by atoms with Crippen LogP contribution < -0.4 is 10.5 Å². The highest BCUT2D eigenvalue weighted by molar-refractivity contribution is 7.89. The zero-order valence-corrected chi connectivity index (χ0v) is 14.0. The molecule has 0 bridgehead atoms. The van der Waals surface area contributed by atoms with E-state index in [4.69, 9.17) is 33.7 Å². The van der Waals surface area contributed by atoms with Crippen molar-refractivity contribution < 1.29 is 17.9 Å². The molecule has 118 valence electrons. The molecule has 0 aromatic carbocycles. The Balaban J connectivity index is 2.17. The summed E-state index contributed by atoms with van der Waals surface area (Å²) in [5, 5.41) is 0. The van der Waals surface area contributed by atoms with Crippen LogP contribution in [0.1, 0.15) is 12.8 Å². The molecule has 0 unspecified atom stereocenters. The maximum Gasteiger partial charge on any atom is 0.242 e. The van der Waals surface area contributed by atoms with Crippen LogP contribution in [0.4, 0.5) is 0 Å². The number of rotatable bonds is 5. The van der Waals surface area contributed by atoms with Crippen molar-refractivity contribution in [1.29, 1.82) is 0 Å². The summed E-state index contributed by atoms with van der Waals surface area (Å²) in [6, 6.07) is 1.28. The van der Waals surface area contributed by atoms with E-state index in [1.54, 1.807) is 0 Å². The largest absolute Gasteiger partial charge is 0.381 e. The predicted octanol–water partition coefficient (Wildman–Crippen LogP) is 1.62. The van der Waals surface area contributed by atoms with Crippen molar-refractivity contribution in [3.8, 4) is 0 Å². The van der Waals surface area contributed by atoms with Gasteiger partial charge in [0.25, 0.3) is 0 Å². The third-order valence-corrected chi connectivity index (χ3v) is 6.64. The number of nitrogens with one attached hydrogen (secondary N) is 1. The van der Waals surface area contributed by atoms with E-state index in [0.717, 1.165) is 11.3 Å². The van der Waals surface area contributed by atoms with E-state index >= 15 is 0 Å². The Morgan fingerprint density at radius 1 is 1.43 bits per heavy atom. The normalized spacial score (nSPS) is 18.6. The summed E-state index contributed by atoms with van der Waals surface area (Å²) in [6.07, 6.45) is 0.756. The van der Waals surface area contributed by atoms with E-state index in [9.17, 15) is 13.2 Å². The molecule has 1 aliphatic heterocycles. The van der Waals surface area contributed by atoms with Crippen LogP contribution in [-0.4, -0.2) is 34.1 Å². The van der Waals surface area contributed by atoms with Crippen molar-refractivity contribution in [2.24, 2.45) is 11.1 Å². The highest BCUT2D eigenvalue weighted by Gasteiger charge is 2.39. The van der Waals surface area contributed by atoms with Crippen LogP contribution in [0.25, 0.3) is 0 Å². The van der Waals surface area contributed by atoms with Gasteiger partial charge in [0.2, 0.25) is 15.9 Å². The standard InChI is InChI=1S/C11H14Cl2N2O4S2/c12-8-5-7(9(13)20-8)21(17,18)15-6-11(10(14)16)1-3-19-4-2-11/h5,15H,1-4,6H2,(H2,14,16). The minimum Gasteiger partial charge on any atom is -0.381 e. The maximum absolute atomic E-state index is 12.2. The van der Waals surface area contributed by atoms with E-state index < -0.39 is 21.3 Å². The average Bonchev–Trinajstić information content (AvgIpc) is 2.77. The smallest absolute Gasteiger partial charge is 0.242 e. The lowest BCUT2D eigenvalue weighted by molar-refractivity contribution is -0.132. The molecule has 0 aliphatic carbocycles. The van der Waals surface area contributed by atoms with Crippen molar-refractivity contribution in [3.63, 3.8) is 0 Å². The van der Waals surface area contributed by atoms with E-state index in [-0.39, 0.29) is 20.1 Å². The van der Waals surface area contributed by atoms with E-state index in [1.165, 1.54) is 6.07 Å². The van der Waals surface area contributed by atoms with Crippen LogP contribution in [0, 0.1) is 5.41 Å². The van der Waals surface area contributed by atoms with Gasteiger partial charge in [-0.2, -0.15) is 0 Å². The van der Waals surface area contributed by atoms with Gasteiger partial charge in [0.1, 0.15) is 9.23 Å². The van der Waals surface area contributed by atoms with Gasteiger partial charge in [-0.05, 0) is 18.9 Å². The first-order valence-electron chi connectivity index (χ1n) is 6.09. The number of primary amides is 1. The molecule has 21 heavy (non-hydrogen) atoms. The summed E-state index contributed by atoms with van der Waals surface area (Å²) in [5.74, 6) is -0.539. The monoisotopic (exact) mass is 372 g/mol. The third kappa shape index (κ3) is 3.69. The SMILES string of the molecule is NC(=O)C1(CNS(=O)(=O)c2cc(Cl)sc2Cl)CCOCC1. The van der Waals surface area contributed by atoms with Gasteiger partial charge in [0.05, 0.1) is 9.75 Å². The van der Waals surface area contributed by atoms with Crippen molar-refractivity contribution in [2.45, 2.75) is 17.7 Å². The first kappa shape index (κ1) is 17.0. The second-order valence-corrected chi connectivity index (χ2v) is 8.79. The lowest BCUT2D eigenvalue weighted by Crippen LogP contribution is -2.49. The third-order valence-electron chi connectivity index (χ3n) is 3.49. The van der Waals surface area contributed by atoms with Crippen molar-refractivity contribution >= 4 is 50.5 Å². The Morgan fingerprint density at radius 3 is 2.52 bits per heavy atom. The number of hydrogen-bond donors (Lipinski definition) is 2. The van der Waals surface area contributed by atoms with Crippen molar-refractivity contribution in [3.05, 3.63) is 14.7 Å². The zero-order valence-electron chi connectivity index (χ0n) is 10.9. The molecule has 10 heteroatoms. The number of sulfonamides is 1. The molecule has 1 amide bonds. The fourth-order valence-corrected chi connectivity index (χ4v) is 5.37. The molecular weight excluding hydrogens is 359 g/mol. The molecule has 3 N–H and O–H groups in total. The van der Waals surface area contributed by atoms with Crippen LogP contribution in [0.2, 0.25) is 8.67 Å². The van der Waals surface area contributed by atoms with Crippen LogP contribution in [0.5, 0.6) is 0 Å². The summed E-state index contributed by atoms with van der Waals surface area (Å²) in [6.45, 7) is 0.656. The van der Waals surface area contributed by atoms with E-state index in [2.05, 4.69) is 4.72 Å². The number of carbonyl (C=O) groups excluding carboxylic acids is 1. The lowest BCUT2D eigenvalue weighted by atomic mass is 9.80. The Labute approximate surface area is 136 Å². The highest BCUT2D eigenvalue weighted by atomic mass is 35.5. The molecule has 1 fully saturated rings. The van der Waals surface area contributed by atoms with E-state index in [1.807, 2.05) is 0 Å². The topological polar surface area (TPSA) is 98.5 Å². The second kappa shape index (κ2) is 6.39. The molecule has 1 aromatic heterocycles. The van der Waals surface area contributed by atoms with Gasteiger partial charge in [0, 0.05) is 19.8 Å². The first-order valence-corrected chi connectivity index (χ1v) is 9.15. The average molecular weight is 373 g/mol. The number of halogens is 2. The molecule has 1 aliphatic rings. The fraction of sp³-hybridized carbons (Fsp3) is 0.545. The van der Waals surface area contributed by atoms with Gasteiger partial charge in [0.15, 0.2) is 0 Å². The Morgan fingerprint density at radius 2 is 2.05 bits per heavy atom. The van der Waals surface area contributed by atoms with Gasteiger partial charge in [-0.1, -0.05) is 23.2 Å². The second-order valence-electron chi connectivity index (χ2n) is 4.77. The minimum absolute atomic E-state index is 0.0765. The molecule has 1 aromatic rings. The molecule has 2 heterocycles. The van der Waals surface area contributed by atoms with Crippen LogP contribution in [0.3, 0.4) is 0 Å². The van der Waals surface area contributed by atoms with Gasteiger partial charge >= 0.3 is 0 Å². The summed E-state index contributed by atoms with van der Waals surface area (Å²) < 4.78 is 32.4. The number of nitrogens with two attached hydrogens (primary N) is 1. The van der Waals surface area contributed by atoms with Crippen molar-refractivity contribution in [2.75, 3.05) is 19.8 Å². The molecule has 2 rings (SSSR count). The lowest BCUT2D eigenvalue weighted by Gasteiger charge is -2.34. The predicted molar refractivity (Wildman–Crippen MR) is 81.2 cm³/mol. The number of carbonyl (C=O) groups is 1. The quantitative estimate of drug-likeness (QED) is 0.819. The summed E-state index contributed by atoms with van der Waals surface area (Å²) in [4.78, 5) is 11.6. The summed E-state index contributed by atoms with van der Waals surface area (Å²) >= 11 is 12.6. The van der Waals surface area contributed by atoms with Gasteiger partial charge in [-0.15, -0.1) is 11.3 Å². The van der Waals surface area contributed by atoms with Crippen LogP contribution >= 0.6 is 34.5 Å². The number of hydrogen-bond acceptors (Lipinski definition) is 5. The van der Waals surface area contributed by atoms with Crippen LogP contribution in [0.15, 0.2) is 11.0 Å². The summed E-state index contributed by atoms with van der Waals surface area (Å²) in [5.41, 5.74) is 4.50. The highest BCUT2D eigenvalue weighted by Crippen LogP contribution is 2.35. The molecule has 0 atom stereocenters. The molecule has 6 nitrogen and oxygen atoms in total. The molecule has 1 saturated heterocycles. The Kier molecular flexibility index (Phi) is 5.17. The van der Waals surface area contributed by atoms with Gasteiger partial charge in [-0.3, -0.25) is 4.79 Å². The van der Waals surface area contributed by atoms with Crippen LogP contribution in [-0.2, 0) is 19.6 Å². The molecule has 0 spiro atoms. The first-order chi connectivity index (χ1) is 9.77. The molecule has 0 saturated carbocycles. The molecular formula is C11H14Cl2N2O4S2. The number of amides is 1. The fourth-order valence-electron chi connectivity index (χ4n) is 2.09. The van der Waals surface area contributed by atoms with Crippen molar-refractivity contribution in [1.82, 2.24) is 4.72 Å². The molecule has 0 radical (unpaired) electrons. The number of thiophene rings is 1. The maximum atomic E-state index is 12.2. The Hall–Kier alpha value is -0.380. The minimum atomic E-state index is -3.85. The summed E-state index contributed by atoms with van der Waals surface area (Å²) in [7, 11) is -3.85. The van der Waals surface area contributed by atoms with Gasteiger partial charge in [-0.25, -0.2) is 13.1 Å². The van der Waals surface area contributed by atoms with E-state index in [0.29, 0.717) is 26.1 Å².